The van der Waals surface area contributed by atoms with Crippen LogP contribution in [0.4, 0.5) is 0 Å². The minimum atomic E-state index is -0.963. The van der Waals surface area contributed by atoms with Crippen LogP contribution in [0.25, 0.3) is 0 Å². The van der Waals surface area contributed by atoms with Crippen LogP contribution in [0.5, 0.6) is 0 Å². The molecule has 1 unspecified atom stereocenters. The minimum absolute atomic E-state index is 0.0465. The summed E-state index contributed by atoms with van der Waals surface area (Å²) in [6.07, 6.45) is 18.4. The molecule has 0 fully saturated rings. The van der Waals surface area contributed by atoms with Gasteiger partial charge in [-0.1, -0.05) is 122 Å². The molecule has 0 aliphatic heterocycles. The zero-order chi connectivity index (χ0) is 40.8. The van der Waals surface area contributed by atoms with E-state index in [4.69, 9.17) is 28.3 Å². The van der Waals surface area contributed by atoms with Gasteiger partial charge >= 0.3 is 0 Å². The van der Waals surface area contributed by atoms with Gasteiger partial charge < -0.3 is 44.2 Å². The molecule has 4 amide bonds. The Morgan fingerprint density at radius 2 is 1.22 bits per heavy atom. The fourth-order valence-corrected chi connectivity index (χ4v) is 6.27. The summed E-state index contributed by atoms with van der Waals surface area (Å²) in [5, 5.41) is 19.0. The topological polar surface area (TPSA) is 257 Å². The number of hydrogen-bond donors (Lipinski definition) is 9. The highest BCUT2D eigenvalue weighted by Crippen LogP contribution is 2.14. The predicted octanol–water partition coefficient (Wildman–Crippen LogP) is 4.36. The molecular formula is C41H74N10O4. The van der Waals surface area contributed by atoms with E-state index in [0.717, 1.165) is 31.2 Å². The SMILES string of the molecule is CCCCCCCCCCCCCCCC(=O)N[C@@H](CCCN=C(N)N)C(=O)NC(C(=O)N[C@@H](CCCCN)C(=O)NCc1ccc(C(=N)N)cc1)C(C)C. The zero-order valence-corrected chi connectivity index (χ0v) is 34.1. The third kappa shape index (κ3) is 23.4. The lowest BCUT2D eigenvalue weighted by Gasteiger charge is -2.27. The molecule has 0 aliphatic carbocycles. The van der Waals surface area contributed by atoms with Crippen molar-refractivity contribution in [1.29, 1.82) is 5.41 Å². The number of nitrogens with two attached hydrogens (primary N) is 4. The maximum absolute atomic E-state index is 13.7. The van der Waals surface area contributed by atoms with Crippen LogP contribution < -0.4 is 44.2 Å². The highest BCUT2D eigenvalue weighted by molar-refractivity contribution is 5.95. The molecule has 0 aliphatic rings. The fraction of sp³-hybridized carbons (Fsp3) is 0.707. The molecule has 3 atom stereocenters. The first-order valence-electron chi connectivity index (χ1n) is 20.8. The van der Waals surface area contributed by atoms with Gasteiger partial charge in [-0.2, -0.15) is 0 Å². The quantitative estimate of drug-likeness (QED) is 0.0288. The maximum atomic E-state index is 13.7. The van der Waals surface area contributed by atoms with Gasteiger partial charge in [0.15, 0.2) is 5.96 Å². The summed E-state index contributed by atoms with van der Waals surface area (Å²) in [5.74, 6) is -2.00. The molecule has 0 aromatic heterocycles. The number of hydrogen-bond acceptors (Lipinski definition) is 7. The van der Waals surface area contributed by atoms with Crippen molar-refractivity contribution in [2.45, 2.75) is 167 Å². The van der Waals surface area contributed by atoms with Gasteiger partial charge in [-0.3, -0.25) is 29.6 Å². The van der Waals surface area contributed by atoms with Crippen LogP contribution in [0.1, 0.15) is 154 Å². The smallest absolute Gasteiger partial charge is 0.243 e. The van der Waals surface area contributed by atoms with Crippen molar-refractivity contribution < 1.29 is 19.2 Å². The molecule has 13 N–H and O–H groups in total. The fourth-order valence-electron chi connectivity index (χ4n) is 6.27. The van der Waals surface area contributed by atoms with Gasteiger partial charge in [0.05, 0.1) is 0 Å². The van der Waals surface area contributed by atoms with Gasteiger partial charge in [0.2, 0.25) is 23.6 Å². The van der Waals surface area contributed by atoms with Crippen LogP contribution >= 0.6 is 0 Å². The van der Waals surface area contributed by atoms with E-state index in [0.29, 0.717) is 44.2 Å². The Hall–Kier alpha value is -4.20. The second kappa shape index (κ2) is 30.1. The van der Waals surface area contributed by atoms with Crippen molar-refractivity contribution >= 4 is 35.4 Å². The Morgan fingerprint density at radius 3 is 1.75 bits per heavy atom. The molecule has 0 heterocycles. The Balaban J connectivity index is 2.78. The lowest BCUT2D eigenvalue weighted by molar-refractivity contribution is -0.134. The van der Waals surface area contributed by atoms with Crippen molar-refractivity contribution in [1.82, 2.24) is 21.3 Å². The number of amidine groups is 1. The highest BCUT2D eigenvalue weighted by Gasteiger charge is 2.31. The predicted molar refractivity (Wildman–Crippen MR) is 223 cm³/mol. The standard InChI is InChI=1S/C41H74N10O4/c1-4-5-6-7-8-9-10-11-12-13-14-15-16-22-35(52)49-34(21-19-28-47-41(45)46)39(54)51-36(30(2)3)40(55)50-33(20-17-18-27-42)38(53)48-29-31-23-25-32(26-24-31)37(43)44/h23-26,30,33-34,36H,4-22,27-29,42H2,1-3H3,(H3,43,44)(H,48,53)(H,49,52)(H,50,55)(H,51,54)(H4,45,46,47)/t33-,34-,36?/m0/s1. The second-order valence-electron chi connectivity index (χ2n) is 15.0. The summed E-state index contributed by atoms with van der Waals surface area (Å²) in [5.41, 5.74) is 23.6. The van der Waals surface area contributed by atoms with E-state index in [-0.39, 0.29) is 49.0 Å². The van der Waals surface area contributed by atoms with Crippen molar-refractivity contribution in [3.05, 3.63) is 35.4 Å². The average Bonchev–Trinajstić information content (AvgIpc) is 3.15. The van der Waals surface area contributed by atoms with Crippen molar-refractivity contribution in [2.24, 2.45) is 33.8 Å². The van der Waals surface area contributed by atoms with Gasteiger partial charge in [0, 0.05) is 25.1 Å². The number of aliphatic imine (C=N–C) groups is 1. The summed E-state index contributed by atoms with van der Waals surface area (Å²) in [7, 11) is 0. The Labute approximate surface area is 330 Å². The molecule has 0 saturated heterocycles. The van der Waals surface area contributed by atoms with Crippen molar-refractivity contribution in [2.75, 3.05) is 13.1 Å². The van der Waals surface area contributed by atoms with Crippen LogP contribution in [0.15, 0.2) is 29.3 Å². The average molecular weight is 771 g/mol. The zero-order valence-electron chi connectivity index (χ0n) is 34.1. The monoisotopic (exact) mass is 771 g/mol. The number of nitrogens with zero attached hydrogens (tertiary/aromatic N) is 1. The first-order valence-corrected chi connectivity index (χ1v) is 20.8. The van der Waals surface area contributed by atoms with Gasteiger partial charge in [0.1, 0.15) is 24.0 Å². The number of carbonyl (C=O) groups excluding carboxylic acids is 4. The number of unbranched alkanes of at least 4 members (excludes halogenated alkanes) is 13. The van der Waals surface area contributed by atoms with Crippen LogP contribution in [-0.2, 0) is 25.7 Å². The molecule has 0 bridgehead atoms. The van der Waals surface area contributed by atoms with E-state index >= 15 is 0 Å². The number of nitrogen functional groups attached to an aromatic ring is 1. The number of guanidine groups is 1. The van der Waals surface area contributed by atoms with E-state index in [1.165, 1.54) is 57.8 Å². The summed E-state index contributed by atoms with van der Waals surface area (Å²) in [6.45, 7) is 6.80. The van der Waals surface area contributed by atoms with Crippen molar-refractivity contribution in [3.8, 4) is 0 Å². The van der Waals surface area contributed by atoms with Crippen LogP contribution in [0.2, 0.25) is 0 Å². The summed E-state index contributed by atoms with van der Waals surface area (Å²) in [4.78, 5) is 57.7. The van der Waals surface area contributed by atoms with Gasteiger partial charge in [-0.25, -0.2) is 0 Å². The molecule has 55 heavy (non-hydrogen) atoms. The molecule has 14 heteroatoms. The molecule has 0 radical (unpaired) electrons. The largest absolute Gasteiger partial charge is 0.384 e. The molecule has 1 aromatic carbocycles. The number of benzene rings is 1. The summed E-state index contributed by atoms with van der Waals surface area (Å²) < 4.78 is 0. The summed E-state index contributed by atoms with van der Waals surface area (Å²) in [6, 6.07) is 4.24. The van der Waals surface area contributed by atoms with E-state index in [9.17, 15) is 19.2 Å². The van der Waals surface area contributed by atoms with Crippen LogP contribution in [0, 0.1) is 11.3 Å². The third-order valence-corrected chi connectivity index (χ3v) is 9.66. The maximum Gasteiger partial charge on any atom is 0.243 e. The first kappa shape index (κ1) is 48.8. The van der Waals surface area contributed by atoms with E-state index in [2.05, 4.69) is 33.2 Å². The normalized spacial score (nSPS) is 12.7. The lowest BCUT2D eigenvalue weighted by Crippen LogP contribution is -2.58. The highest BCUT2D eigenvalue weighted by atomic mass is 16.2. The minimum Gasteiger partial charge on any atom is -0.384 e. The first-order chi connectivity index (χ1) is 26.4. The number of rotatable bonds is 32. The number of amides is 4. The molecule has 0 spiro atoms. The summed E-state index contributed by atoms with van der Waals surface area (Å²) >= 11 is 0. The molecule has 1 aromatic rings. The van der Waals surface area contributed by atoms with Gasteiger partial charge in [0.25, 0.3) is 0 Å². The third-order valence-electron chi connectivity index (χ3n) is 9.66. The van der Waals surface area contributed by atoms with E-state index < -0.39 is 29.9 Å². The second-order valence-corrected chi connectivity index (χ2v) is 15.0. The number of nitrogens with one attached hydrogen (secondary N) is 5. The Bertz CT molecular complexity index is 1280. The molecule has 1 rings (SSSR count). The van der Waals surface area contributed by atoms with Gasteiger partial charge in [-0.05, 0) is 56.6 Å². The molecule has 14 nitrogen and oxygen atoms in total. The lowest BCUT2D eigenvalue weighted by atomic mass is 10.0. The molecule has 312 valence electrons. The number of carbonyl (C=O) groups is 4. The van der Waals surface area contributed by atoms with Crippen LogP contribution in [0.3, 0.4) is 0 Å². The van der Waals surface area contributed by atoms with Crippen molar-refractivity contribution in [3.63, 3.8) is 0 Å². The van der Waals surface area contributed by atoms with Gasteiger partial charge in [-0.15, -0.1) is 0 Å². The van der Waals surface area contributed by atoms with E-state index in [1.807, 2.05) is 0 Å². The molecular weight excluding hydrogens is 697 g/mol. The Kier molecular flexibility index (Phi) is 26.7. The Morgan fingerprint density at radius 1 is 0.673 bits per heavy atom. The molecule has 0 saturated carbocycles. The van der Waals surface area contributed by atoms with E-state index in [1.54, 1.807) is 38.1 Å². The van der Waals surface area contributed by atoms with Crippen LogP contribution in [-0.4, -0.2) is 66.6 Å².